The predicted octanol–water partition coefficient (Wildman–Crippen LogP) is 2.30. The van der Waals surface area contributed by atoms with Crippen LogP contribution in [-0.4, -0.2) is 19.4 Å². The molecule has 0 amide bonds. The Morgan fingerprint density at radius 3 is 2.56 bits per heavy atom. The van der Waals surface area contributed by atoms with Crippen molar-refractivity contribution in [2.75, 3.05) is 6.61 Å². The second-order valence-corrected chi connectivity index (χ2v) is 2.87. The largest absolute Gasteiger partial charge is 0.573 e. The lowest BCUT2D eigenvalue weighted by atomic mass is 10.1. The van der Waals surface area contributed by atoms with E-state index in [9.17, 15) is 18.0 Å². The van der Waals surface area contributed by atoms with Crippen LogP contribution in [0.5, 0.6) is 5.75 Å². The minimum absolute atomic E-state index is 0.0156. The van der Waals surface area contributed by atoms with Gasteiger partial charge in [0.05, 0.1) is 6.61 Å². The minimum atomic E-state index is -4.72. The number of hydrogen-bond donors (Lipinski definition) is 0. The lowest BCUT2D eigenvalue weighted by Crippen LogP contribution is -2.18. The van der Waals surface area contributed by atoms with Gasteiger partial charge >= 0.3 is 6.36 Å². The van der Waals surface area contributed by atoms with E-state index in [1.807, 2.05) is 0 Å². The second-order valence-electron chi connectivity index (χ2n) is 2.87. The van der Waals surface area contributed by atoms with E-state index in [0.717, 1.165) is 0 Å². The molecule has 0 fully saturated rings. The van der Waals surface area contributed by atoms with Crippen molar-refractivity contribution < 1.29 is 27.4 Å². The Bertz CT molecular complexity index is 349. The number of rotatable bonds is 5. The number of halogens is 3. The summed E-state index contributed by atoms with van der Waals surface area (Å²) in [5.74, 6) is -0.274. The molecule has 1 aromatic carbocycles. The molecule has 0 aliphatic carbocycles. The van der Waals surface area contributed by atoms with Gasteiger partial charge in [0, 0.05) is 6.42 Å². The van der Waals surface area contributed by atoms with Crippen molar-refractivity contribution >= 4 is 6.47 Å². The van der Waals surface area contributed by atoms with Crippen molar-refractivity contribution in [3.05, 3.63) is 29.8 Å². The molecule has 0 saturated carbocycles. The third kappa shape index (κ3) is 4.20. The zero-order valence-electron chi connectivity index (χ0n) is 8.16. The van der Waals surface area contributed by atoms with Gasteiger partial charge in [-0.15, -0.1) is 13.2 Å². The fourth-order valence-corrected chi connectivity index (χ4v) is 1.15. The van der Waals surface area contributed by atoms with Gasteiger partial charge < -0.3 is 9.47 Å². The summed E-state index contributed by atoms with van der Waals surface area (Å²) in [5, 5.41) is 0. The molecular formula is C10H9F3O3. The normalized spacial score (nSPS) is 10.9. The summed E-state index contributed by atoms with van der Waals surface area (Å²) in [6.45, 7) is 0.259. The molecule has 6 heteroatoms. The fourth-order valence-electron chi connectivity index (χ4n) is 1.15. The molecule has 0 heterocycles. The molecule has 0 radical (unpaired) electrons. The van der Waals surface area contributed by atoms with Crippen molar-refractivity contribution in [2.45, 2.75) is 12.8 Å². The van der Waals surface area contributed by atoms with Gasteiger partial charge in [-0.3, -0.25) is 4.79 Å². The van der Waals surface area contributed by atoms with Gasteiger partial charge in [-0.1, -0.05) is 18.2 Å². The third-order valence-corrected chi connectivity index (χ3v) is 1.76. The summed E-state index contributed by atoms with van der Waals surface area (Å²) < 4.78 is 44.2. The SMILES string of the molecule is O=COCCc1ccccc1OC(F)(F)F. The highest BCUT2D eigenvalue weighted by atomic mass is 19.4. The Balaban J connectivity index is 2.71. The van der Waals surface area contributed by atoms with Crippen LogP contribution in [0.15, 0.2) is 24.3 Å². The zero-order chi connectivity index (χ0) is 12.0. The summed E-state index contributed by atoms with van der Waals surface area (Å²) in [4.78, 5) is 9.88. The Hall–Kier alpha value is -1.72. The third-order valence-electron chi connectivity index (χ3n) is 1.76. The maximum atomic E-state index is 12.0. The van der Waals surface area contributed by atoms with Gasteiger partial charge in [0.1, 0.15) is 5.75 Å². The zero-order valence-corrected chi connectivity index (χ0v) is 8.16. The van der Waals surface area contributed by atoms with E-state index in [4.69, 9.17) is 0 Å². The van der Waals surface area contributed by atoms with Crippen LogP contribution < -0.4 is 4.74 Å². The summed E-state index contributed by atoms with van der Waals surface area (Å²) in [7, 11) is 0. The van der Waals surface area contributed by atoms with Gasteiger partial charge in [-0.2, -0.15) is 0 Å². The van der Waals surface area contributed by atoms with Crippen molar-refractivity contribution in [1.82, 2.24) is 0 Å². The van der Waals surface area contributed by atoms with Crippen LogP contribution in [0.25, 0.3) is 0 Å². The standard InChI is InChI=1S/C10H9F3O3/c11-10(12,13)16-9-4-2-1-3-8(9)5-6-15-7-14/h1-4,7H,5-6H2. The Morgan fingerprint density at radius 2 is 1.94 bits per heavy atom. The first-order valence-electron chi connectivity index (χ1n) is 4.42. The van der Waals surface area contributed by atoms with Crippen LogP contribution in [0.4, 0.5) is 13.2 Å². The topological polar surface area (TPSA) is 35.5 Å². The molecule has 0 N–H and O–H groups in total. The first-order valence-corrected chi connectivity index (χ1v) is 4.42. The summed E-state index contributed by atoms with van der Waals surface area (Å²) in [6, 6.07) is 5.71. The number of hydrogen-bond acceptors (Lipinski definition) is 3. The smallest absolute Gasteiger partial charge is 0.468 e. The molecule has 3 nitrogen and oxygen atoms in total. The highest BCUT2D eigenvalue weighted by Crippen LogP contribution is 2.26. The molecule has 0 atom stereocenters. The molecule has 1 aromatic rings. The number of carbonyl (C=O) groups excluding carboxylic acids is 1. The van der Waals surface area contributed by atoms with Crippen molar-refractivity contribution in [1.29, 1.82) is 0 Å². The Morgan fingerprint density at radius 1 is 1.25 bits per heavy atom. The van der Waals surface area contributed by atoms with Crippen molar-refractivity contribution in [3.8, 4) is 5.75 Å². The van der Waals surface area contributed by atoms with Gasteiger partial charge in [0.2, 0.25) is 0 Å². The average Bonchev–Trinajstić information content (AvgIpc) is 2.19. The quantitative estimate of drug-likeness (QED) is 0.579. The molecule has 16 heavy (non-hydrogen) atoms. The lowest BCUT2D eigenvalue weighted by molar-refractivity contribution is -0.274. The van der Waals surface area contributed by atoms with E-state index in [-0.39, 0.29) is 25.2 Å². The van der Waals surface area contributed by atoms with E-state index < -0.39 is 6.36 Å². The molecule has 0 aliphatic heterocycles. The maximum Gasteiger partial charge on any atom is 0.573 e. The van der Waals surface area contributed by atoms with E-state index in [0.29, 0.717) is 5.56 Å². The van der Waals surface area contributed by atoms with E-state index in [2.05, 4.69) is 9.47 Å². The van der Waals surface area contributed by atoms with E-state index >= 15 is 0 Å². The van der Waals surface area contributed by atoms with Crippen LogP contribution in [0, 0.1) is 0 Å². The van der Waals surface area contributed by atoms with Crippen molar-refractivity contribution in [3.63, 3.8) is 0 Å². The predicted molar refractivity (Wildman–Crippen MR) is 48.8 cm³/mol. The van der Waals surface area contributed by atoms with E-state index in [1.54, 1.807) is 6.07 Å². The Kier molecular flexibility index (Phi) is 4.16. The van der Waals surface area contributed by atoms with Gasteiger partial charge in [0.15, 0.2) is 0 Å². The van der Waals surface area contributed by atoms with Crippen LogP contribution in [-0.2, 0) is 16.0 Å². The average molecular weight is 234 g/mol. The van der Waals surface area contributed by atoms with Gasteiger partial charge in [-0.05, 0) is 11.6 Å². The van der Waals surface area contributed by atoms with E-state index in [1.165, 1.54) is 18.2 Å². The Labute approximate surface area is 89.8 Å². The molecule has 0 unspecified atom stereocenters. The molecule has 88 valence electrons. The molecule has 0 aliphatic rings. The van der Waals surface area contributed by atoms with Gasteiger partial charge in [-0.25, -0.2) is 0 Å². The van der Waals surface area contributed by atoms with Crippen molar-refractivity contribution in [2.24, 2.45) is 0 Å². The van der Waals surface area contributed by atoms with Crippen LogP contribution in [0.1, 0.15) is 5.56 Å². The molecule has 0 bridgehead atoms. The highest BCUT2D eigenvalue weighted by Gasteiger charge is 2.31. The molecule has 0 saturated heterocycles. The number of ether oxygens (including phenoxy) is 2. The summed E-state index contributed by atoms with van der Waals surface area (Å²) in [5.41, 5.74) is 0.335. The fraction of sp³-hybridized carbons (Fsp3) is 0.300. The monoisotopic (exact) mass is 234 g/mol. The first kappa shape index (κ1) is 12.4. The minimum Gasteiger partial charge on any atom is -0.468 e. The molecular weight excluding hydrogens is 225 g/mol. The lowest BCUT2D eigenvalue weighted by Gasteiger charge is -2.12. The second kappa shape index (κ2) is 5.39. The summed E-state index contributed by atoms with van der Waals surface area (Å²) >= 11 is 0. The number of carbonyl (C=O) groups is 1. The number of para-hydroxylation sites is 1. The highest BCUT2D eigenvalue weighted by molar-refractivity contribution is 5.37. The first-order chi connectivity index (χ1) is 7.53. The van der Waals surface area contributed by atoms with Crippen LogP contribution in [0.3, 0.4) is 0 Å². The van der Waals surface area contributed by atoms with Crippen LogP contribution >= 0.6 is 0 Å². The molecule has 1 rings (SSSR count). The molecule has 0 spiro atoms. The van der Waals surface area contributed by atoms with Crippen LogP contribution in [0.2, 0.25) is 0 Å². The summed E-state index contributed by atoms with van der Waals surface area (Å²) in [6.07, 6.45) is -4.55. The number of alkyl halides is 3. The maximum absolute atomic E-state index is 12.0. The van der Waals surface area contributed by atoms with Gasteiger partial charge in [0.25, 0.3) is 6.47 Å². The number of benzene rings is 1. The molecule has 0 aromatic heterocycles.